The number of rotatable bonds is 3. The van der Waals surface area contributed by atoms with Gasteiger partial charge in [-0.2, -0.15) is 5.26 Å². The van der Waals surface area contributed by atoms with Crippen LogP contribution in [0.25, 0.3) is 0 Å². The summed E-state index contributed by atoms with van der Waals surface area (Å²) in [7, 11) is 1.60. The largest absolute Gasteiger partial charge is 0.496 e. The second-order valence-corrected chi connectivity index (χ2v) is 9.01. The molecule has 1 unspecified atom stereocenters. The number of allylic oxidation sites excluding steroid dienone is 1. The quantitative estimate of drug-likeness (QED) is 0.582. The Morgan fingerprint density at radius 3 is 2.72 bits per heavy atom. The van der Waals surface area contributed by atoms with Crippen molar-refractivity contribution in [2.45, 2.75) is 12.3 Å². The summed E-state index contributed by atoms with van der Waals surface area (Å²) in [6.07, 6.45) is 0.230. The molecule has 1 atom stereocenters. The van der Waals surface area contributed by atoms with Gasteiger partial charge in [0, 0.05) is 33.1 Å². The van der Waals surface area contributed by atoms with Gasteiger partial charge in [-0.25, -0.2) is 0 Å². The van der Waals surface area contributed by atoms with E-state index in [0.29, 0.717) is 28.9 Å². The Morgan fingerprint density at radius 2 is 2.03 bits per heavy atom. The van der Waals surface area contributed by atoms with E-state index >= 15 is 0 Å². The number of nitrogens with zero attached hydrogens (tertiary/aromatic N) is 3. The van der Waals surface area contributed by atoms with Gasteiger partial charge in [0.15, 0.2) is 0 Å². The van der Waals surface area contributed by atoms with Crippen LogP contribution in [0.4, 0.5) is 5.69 Å². The summed E-state index contributed by atoms with van der Waals surface area (Å²) >= 11 is 11.0. The van der Waals surface area contributed by atoms with Crippen molar-refractivity contribution in [2.75, 3.05) is 24.6 Å². The van der Waals surface area contributed by atoms with Gasteiger partial charge in [0.1, 0.15) is 5.75 Å². The third-order valence-corrected chi connectivity index (χ3v) is 6.95. The van der Waals surface area contributed by atoms with Crippen LogP contribution < -0.4 is 9.64 Å². The first kappa shape index (κ1) is 20.1. The van der Waals surface area contributed by atoms with Gasteiger partial charge in [-0.15, -0.1) is 0 Å². The predicted octanol–water partition coefficient (Wildman–Crippen LogP) is 5.33. The molecule has 0 saturated carbocycles. The Labute approximate surface area is 187 Å². The zero-order chi connectivity index (χ0) is 20.5. The lowest BCUT2D eigenvalue weighted by atomic mass is 9.86. The Balaban J connectivity index is 1.70. The number of halogens is 2. The molecule has 2 aromatic carbocycles. The molecule has 0 N–H and O–H groups in total. The first-order chi connectivity index (χ1) is 14.0. The van der Waals surface area contributed by atoms with Crippen LogP contribution in [0.15, 0.2) is 57.5 Å². The Hall–Kier alpha value is -2.14. The van der Waals surface area contributed by atoms with E-state index < -0.39 is 0 Å². The normalized spacial score (nSPS) is 19.1. The molecule has 0 aromatic heterocycles. The van der Waals surface area contributed by atoms with Crippen molar-refractivity contribution in [1.82, 2.24) is 4.90 Å². The van der Waals surface area contributed by atoms with E-state index in [9.17, 15) is 10.1 Å². The zero-order valence-corrected chi connectivity index (χ0v) is 18.7. The van der Waals surface area contributed by atoms with Crippen molar-refractivity contribution in [3.8, 4) is 11.8 Å². The molecule has 1 saturated heterocycles. The molecule has 2 aliphatic heterocycles. The molecular formula is C21H17BrClN3O2S. The second kappa shape index (κ2) is 8.31. The maximum absolute atomic E-state index is 13.1. The molecule has 1 fully saturated rings. The van der Waals surface area contributed by atoms with E-state index in [0.717, 1.165) is 20.8 Å². The average molecular weight is 491 g/mol. The maximum Gasteiger partial charge on any atom is 0.229 e. The fourth-order valence-electron chi connectivity index (χ4n) is 3.62. The molecule has 0 spiro atoms. The number of methoxy groups -OCH3 is 1. The molecule has 4 rings (SSSR count). The van der Waals surface area contributed by atoms with E-state index in [1.165, 1.54) is 11.8 Å². The molecular weight excluding hydrogens is 474 g/mol. The summed E-state index contributed by atoms with van der Waals surface area (Å²) in [6.45, 7) is 0.413. The lowest BCUT2D eigenvalue weighted by Gasteiger charge is -2.42. The summed E-state index contributed by atoms with van der Waals surface area (Å²) in [6, 6.07) is 15.6. The number of nitriles is 1. The first-order valence-corrected chi connectivity index (χ1v) is 11.1. The number of hydrogen-bond acceptors (Lipinski definition) is 5. The highest BCUT2D eigenvalue weighted by molar-refractivity contribution is 9.10. The van der Waals surface area contributed by atoms with Crippen LogP contribution >= 0.6 is 39.3 Å². The van der Waals surface area contributed by atoms with E-state index in [4.69, 9.17) is 16.3 Å². The van der Waals surface area contributed by atoms with Crippen LogP contribution in [0.5, 0.6) is 5.75 Å². The number of benzene rings is 2. The first-order valence-electron chi connectivity index (χ1n) is 8.93. The van der Waals surface area contributed by atoms with Crippen LogP contribution in [0.2, 0.25) is 5.02 Å². The monoisotopic (exact) mass is 489 g/mol. The lowest BCUT2D eigenvalue weighted by molar-refractivity contribution is -0.129. The fraction of sp³-hybridized carbons (Fsp3) is 0.238. The standard InChI is InChI=1S/C21H17BrClN3O2S/c1-28-19-7-2-13(22)8-17(19)16-9-20(27)26-11-25(12-29-21(26)18(16)10-24)15-5-3-14(23)4-6-15/h2-8,16H,9,11-12H2,1H3. The van der Waals surface area contributed by atoms with E-state index in [1.807, 2.05) is 42.5 Å². The number of carbonyl (C=O) groups excluding carboxylic acids is 1. The second-order valence-electron chi connectivity index (χ2n) is 6.73. The summed E-state index contributed by atoms with van der Waals surface area (Å²) in [4.78, 5) is 16.9. The Morgan fingerprint density at radius 1 is 1.28 bits per heavy atom. The highest BCUT2D eigenvalue weighted by Gasteiger charge is 2.39. The number of anilines is 1. The van der Waals surface area contributed by atoms with Gasteiger partial charge in [-0.05, 0) is 42.5 Å². The summed E-state index contributed by atoms with van der Waals surface area (Å²) < 4.78 is 6.38. The third-order valence-electron chi connectivity index (χ3n) is 5.05. The molecule has 2 heterocycles. The van der Waals surface area contributed by atoms with Gasteiger partial charge in [0.2, 0.25) is 5.91 Å². The molecule has 0 radical (unpaired) electrons. The minimum absolute atomic E-state index is 0.00260. The van der Waals surface area contributed by atoms with Crippen LogP contribution in [0.3, 0.4) is 0 Å². The topological polar surface area (TPSA) is 56.6 Å². The van der Waals surface area contributed by atoms with Gasteiger partial charge in [-0.3, -0.25) is 9.69 Å². The van der Waals surface area contributed by atoms with Crippen LogP contribution in [-0.4, -0.2) is 30.5 Å². The van der Waals surface area contributed by atoms with Crippen molar-refractivity contribution in [2.24, 2.45) is 0 Å². The van der Waals surface area contributed by atoms with Gasteiger partial charge in [-0.1, -0.05) is 39.3 Å². The van der Waals surface area contributed by atoms with Crippen LogP contribution in [0.1, 0.15) is 17.9 Å². The number of thioether (sulfide) groups is 1. The molecule has 29 heavy (non-hydrogen) atoms. The lowest BCUT2D eigenvalue weighted by Crippen LogP contribution is -2.47. The Kier molecular flexibility index (Phi) is 5.77. The predicted molar refractivity (Wildman–Crippen MR) is 119 cm³/mol. The maximum atomic E-state index is 13.1. The van der Waals surface area contributed by atoms with Gasteiger partial charge < -0.3 is 9.64 Å². The summed E-state index contributed by atoms with van der Waals surface area (Å²) in [5, 5.41) is 11.4. The smallest absolute Gasteiger partial charge is 0.229 e. The molecule has 0 bridgehead atoms. The third kappa shape index (κ3) is 3.85. The molecule has 2 aliphatic rings. The number of carbonyl (C=O) groups is 1. The van der Waals surface area contributed by atoms with Crippen molar-refractivity contribution in [3.05, 3.63) is 68.1 Å². The molecule has 1 amide bonds. The van der Waals surface area contributed by atoms with E-state index in [-0.39, 0.29) is 18.2 Å². The SMILES string of the molecule is COc1ccc(Br)cc1C1CC(=O)N2CN(c3ccc(Cl)cc3)CSC2=C1C#N. The van der Waals surface area contributed by atoms with Crippen molar-refractivity contribution in [1.29, 1.82) is 5.26 Å². The number of fused-ring (bicyclic) bond motifs is 1. The van der Waals surface area contributed by atoms with Crippen LogP contribution in [0, 0.1) is 11.3 Å². The van der Waals surface area contributed by atoms with E-state index in [2.05, 4.69) is 26.9 Å². The summed E-state index contributed by atoms with van der Waals surface area (Å²) in [5.41, 5.74) is 2.45. The zero-order valence-electron chi connectivity index (χ0n) is 15.6. The number of amides is 1. The minimum atomic E-state index is -0.319. The molecule has 5 nitrogen and oxygen atoms in total. The fourth-order valence-corrected chi connectivity index (χ4v) is 5.29. The van der Waals surface area contributed by atoms with Crippen LogP contribution in [-0.2, 0) is 4.79 Å². The van der Waals surface area contributed by atoms with Gasteiger partial charge in [0.25, 0.3) is 0 Å². The highest BCUT2D eigenvalue weighted by atomic mass is 79.9. The number of ether oxygens (including phenoxy) is 1. The molecule has 8 heteroatoms. The molecule has 2 aromatic rings. The Bertz CT molecular complexity index is 1040. The van der Waals surface area contributed by atoms with Gasteiger partial charge in [0.05, 0.1) is 36.3 Å². The molecule has 148 valence electrons. The van der Waals surface area contributed by atoms with Crippen molar-refractivity contribution in [3.63, 3.8) is 0 Å². The average Bonchev–Trinajstić information content (AvgIpc) is 2.74. The summed E-state index contributed by atoms with van der Waals surface area (Å²) in [5.74, 6) is 1.00. The highest BCUT2D eigenvalue weighted by Crippen LogP contribution is 2.45. The number of hydrogen-bond donors (Lipinski definition) is 0. The van der Waals surface area contributed by atoms with Crippen molar-refractivity contribution < 1.29 is 9.53 Å². The van der Waals surface area contributed by atoms with Crippen molar-refractivity contribution >= 4 is 50.9 Å². The minimum Gasteiger partial charge on any atom is -0.496 e. The van der Waals surface area contributed by atoms with E-state index in [1.54, 1.807) is 12.0 Å². The molecule has 0 aliphatic carbocycles. The van der Waals surface area contributed by atoms with Gasteiger partial charge >= 0.3 is 0 Å².